The number of hydrogen-bond donors (Lipinski definition) is 0. The summed E-state index contributed by atoms with van der Waals surface area (Å²) in [6.45, 7) is 4.20. The molecule has 0 spiro atoms. The molecule has 4 heteroatoms. The molecule has 0 heterocycles. The van der Waals surface area contributed by atoms with Crippen LogP contribution in [0.5, 0.6) is 0 Å². The quantitative estimate of drug-likeness (QED) is 0.431. The van der Waals surface area contributed by atoms with Crippen LogP contribution in [-0.2, 0) is 9.53 Å². The summed E-state index contributed by atoms with van der Waals surface area (Å²) >= 11 is 1.74. The molecule has 0 aliphatic heterocycles. The Balaban J connectivity index is 2.48. The number of ketones is 1. The van der Waals surface area contributed by atoms with Gasteiger partial charge in [-0.2, -0.15) is 0 Å². The molecule has 0 aliphatic rings. The van der Waals surface area contributed by atoms with E-state index in [1.54, 1.807) is 18.7 Å². The first-order chi connectivity index (χ1) is 8.67. The molecule has 0 radical (unpaired) electrons. The number of carbonyl (C=O) groups is 2. The van der Waals surface area contributed by atoms with Crippen molar-refractivity contribution >= 4 is 23.5 Å². The predicted molar refractivity (Wildman–Crippen MR) is 73.0 cm³/mol. The molecule has 98 valence electrons. The molecule has 1 rings (SSSR count). The highest BCUT2D eigenvalue weighted by atomic mass is 32.2. The molecule has 0 aromatic heterocycles. The first-order valence-electron chi connectivity index (χ1n) is 6.09. The first-order valence-corrected chi connectivity index (χ1v) is 7.07. The van der Waals surface area contributed by atoms with Crippen LogP contribution in [0.3, 0.4) is 0 Å². The van der Waals surface area contributed by atoms with Gasteiger partial charge in [-0.15, -0.1) is 11.8 Å². The number of ether oxygens (including phenoxy) is 1. The van der Waals surface area contributed by atoms with Gasteiger partial charge in [0.2, 0.25) is 0 Å². The molecule has 0 unspecified atom stereocenters. The van der Waals surface area contributed by atoms with E-state index in [2.05, 4.69) is 6.92 Å². The average Bonchev–Trinajstić information content (AvgIpc) is 2.37. The molecule has 0 aliphatic carbocycles. The predicted octanol–water partition coefficient (Wildman–Crippen LogP) is 3.32. The zero-order valence-corrected chi connectivity index (χ0v) is 11.6. The van der Waals surface area contributed by atoms with Crippen LogP contribution in [0, 0.1) is 0 Å². The number of hydrogen-bond acceptors (Lipinski definition) is 4. The fourth-order valence-corrected chi connectivity index (χ4v) is 2.16. The van der Waals surface area contributed by atoms with E-state index in [4.69, 9.17) is 4.74 Å². The van der Waals surface area contributed by atoms with Crippen molar-refractivity contribution in [3.05, 3.63) is 29.8 Å². The van der Waals surface area contributed by atoms with E-state index in [9.17, 15) is 9.59 Å². The lowest BCUT2D eigenvalue weighted by molar-refractivity contribution is -0.143. The van der Waals surface area contributed by atoms with Crippen LogP contribution < -0.4 is 0 Å². The van der Waals surface area contributed by atoms with E-state index >= 15 is 0 Å². The summed E-state index contributed by atoms with van der Waals surface area (Å²) < 4.78 is 4.78. The second-order valence-electron chi connectivity index (χ2n) is 3.69. The monoisotopic (exact) mass is 266 g/mol. The molecule has 0 saturated carbocycles. The molecule has 0 amide bonds. The lowest BCUT2D eigenvalue weighted by Crippen LogP contribution is -2.07. The minimum Gasteiger partial charge on any atom is -0.466 e. The maximum absolute atomic E-state index is 11.8. The third-order valence-electron chi connectivity index (χ3n) is 2.35. The number of esters is 1. The van der Waals surface area contributed by atoms with Gasteiger partial charge >= 0.3 is 5.97 Å². The molecule has 0 atom stereocenters. The number of rotatable bonds is 7. The Morgan fingerprint density at radius 3 is 2.33 bits per heavy atom. The van der Waals surface area contributed by atoms with E-state index in [1.165, 1.54) is 0 Å². The number of benzene rings is 1. The number of Topliss-reactive ketones (excluding diaryl/α,β-unsaturated/α-hetero) is 1. The Morgan fingerprint density at radius 2 is 1.78 bits per heavy atom. The summed E-state index contributed by atoms with van der Waals surface area (Å²) in [6, 6.07) is 7.49. The smallest absolute Gasteiger partial charge is 0.306 e. The molecule has 0 bridgehead atoms. The number of carbonyl (C=O) groups excluding carboxylic acids is 2. The van der Waals surface area contributed by atoms with Gasteiger partial charge < -0.3 is 4.74 Å². The minimum absolute atomic E-state index is 0.0175. The van der Waals surface area contributed by atoms with Crippen LogP contribution in [0.1, 0.15) is 37.0 Å². The van der Waals surface area contributed by atoms with Gasteiger partial charge in [-0.3, -0.25) is 9.59 Å². The SMILES string of the molecule is CCOC(=O)CCC(=O)c1ccc(SCC)cc1. The van der Waals surface area contributed by atoms with Gasteiger partial charge in [-0.05, 0) is 24.8 Å². The van der Waals surface area contributed by atoms with Crippen molar-refractivity contribution in [2.75, 3.05) is 12.4 Å². The van der Waals surface area contributed by atoms with Gasteiger partial charge in [-0.25, -0.2) is 0 Å². The van der Waals surface area contributed by atoms with Crippen molar-refractivity contribution in [1.82, 2.24) is 0 Å². The summed E-state index contributed by atoms with van der Waals surface area (Å²) in [7, 11) is 0. The van der Waals surface area contributed by atoms with Crippen LogP contribution in [-0.4, -0.2) is 24.1 Å². The van der Waals surface area contributed by atoms with Gasteiger partial charge in [-0.1, -0.05) is 19.1 Å². The second kappa shape index (κ2) is 7.93. The zero-order valence-electron chi connectivity index (χ0n) is 10.8. The highest BCUT2D eigenvalue weighted by Crippen LogP contribution is 2.18. The summed E-state index contributed by atoms with van der Waals surface area (Å²) in [6.07, 6.45) is 0.358. The van der Waals surface area contributed by atoms with Crippen molar-refractivity contribution in [2.45, 2.75) is 31.6 Å². The highest BCUT2D eigenvalue weighted by molar-refractivity contribution is 7.99. The van der Waals surface area contributed by atoms with Crippen molar-refractivity contribution < 1.29 is 14.3 Å². The third kappa shape index (κ3) is 4.92. The van der Waals surface area contributed by atoms with Crippen molar-refractivity contribution in [3.8, 4) is 0 Å². The van der Waals surface area contributed by atoms with Crippen LogP contribution in [0.4, 0.5) is 0 Å². The Kier molecular flexibility index (Phi) is 6.50. The van der Waals surface area contributed by atoms with Crippen molar-refractivity contribution in [2.24, 2.45) is 0 Å². The topological polar surface area (TPSA) is 43.4 Å². The lowest BCUT2D eigenvalue weighted by Gasteiger charge is -2.03. The van der Waals surface area contributed by atoms with Crippen LogP contribution in [0.2, 0.25) is 0 Å². The van der Waals surface area contributed by atoms with E-state index in [0.29, 0.717) is 12.2 Å². The van der Waals surface area contributed by atoms with Crippen molar-refractivity contribution in [3.63, 3.8) is 0 Å². The van der Waals surface area contributed by atoms with Gasteiger partial charge in [0.15, 0.2) is 5.78 Å². The van der Waals surface area contributed by atoms with Crippen LogP contribution in [0.25, 0.3) is 0 Å². The fourth-order valence-electron chi connectivity index (χ4n) is 1.50. The highest BCUT2D eigenvalue weighted by Gasteiger charge is 2.09. The van der Waals surface area contributed by atoms with Gasteiger partial charge in [0.1, 0.15) is 0 Å². The zero-order chi connectivity index (χ0) is 13.4. The maximum atomic E-state index is 11.8. The Hall–Kier alpha value is -1.29. The largest absolute Gasteiger partial charge is 0.466 e. The molecule has 1 aromatic carbocycles. The molecule has 0 N–H and O–H groups in total. The summed E-state index contributed by atoms with van der Waals surface area (Å²) in [5, 5.41) is 0. The fraction of sp³-hybridized carbons (Fsp3) is 0.429. The van der Waals surface area contributed by atoms with E-state index in [-0.39, 0.29) is 24.6 Å². The normalized spacial score (nSPS) is 10.1. The third-order valence-corrected chi connectivity index (χ3v) is 3.24. The maximum Gasteiger partial charge on any atom is 0.306 e. The Morgan fingerprint density at radius 1 is 1.11 bits per heavy atom. The second-order valence-corrected chi connectivity index (χ2v) is 5.02. The van der Waals surface area contributed by atoms with Crippen molar-refractivity contribution in [1.29, 1.82) is 0 Å². The summed E-state index contributed by atoms with van der Waals surface area (Å²) in [5.74, 6) is 0.677. The van der Waals surface area contributed by atoms with Gasteiger partial charge in [0.05, 0.1) is 13.0 Å². The summed E-state index contributed by atoms with van der Waals surface area (Å²) in [4.78, 5) is 24.1. The van der Waals surface area contributed by atoms with E-state index < -0.39 is 0 Å². The van der Waals surface area contributed by atoms with Crippen LogP contribution >= 0.6 is 11.8 Å². The minimum atomic E-state index is -0.316. The molecule has 3 nitrogen and oxygen atoms in total. The Labute approximate surface area is 112 Å². The van der Waals surface area contributed by atoms with E-state index in [1.807, 2.05) is 24.3 Å². The molecule has 18 heavy (non-hydrogen) atoms. The molecule has 1 aromatic rings. The molecule has 0 fully saturated rings. The van der Waals surface area contributed by atoms with E-state index in [0.717, 1.165) is 10.6 Å². The lowest BCUT2D eigenvalue weighted by atomic mass is 10.1. The van der Waals surface area contributed by atoms with Crippen LogP contribution in [0.15, 0.2) is 29.2 Å². The molecule has 0 saturated heterocycles. The first kappa shape index (κ1) is 14.8. The average molecular weight is 266 g/mol. The van der Waals surface area contributed by atoms with Gasteiger partial charge in [0.25, 0.3) is 0 Å². The standard InChI is InChI=1S/C14H18O3S/c1-3-17-14(16)10-9-13(15)11-5-7-12(8-6-11)18-4-2/h5-8H,3-4,9-10H2,1-2H3. The Bertz CT molecular complexity index is 398. The summed E-state index contributed by atoms with van der Waals surface area (Å²) in [5.41, 5.74) is 0.653. The molecular weight excluding hydrogens is 248 g/mol. The van der Waals surface area contributed by atoms with Gasteiger partial charge in [0, 0.05) is 16.9 Å². The number of thioether (sulfide) groups is 1. The molecular formula is C14H18O3S.